The minimum atomic E-state index is -0.0759. The lowest BCUT2D eigenvalue weighted by atomic mass is 9.90. The zero-order chi connectivity index (χ0) is 19.7. The summed E-state index contributed by atoms with van der Waals surface area (Å²) in [6.07, 6.45) is 5.45. The average molecular weight is 375 g/mol. The van der Waals surface area contributed by atoms with Crippen molar-refractivity contribution in [3.05, 3.63) is 63.6 Å². The van der Waals surface area contributed by atoms with Gasteiger partial charge in [-0.25, -0.2) is 4.98 Å². The largest absolute Gasteiger partial charge is 0.388 e. The number of fused-ring (bicyclic) bond motifs is 1. The molecule has 0 spiro atoms. The summed E-state index contributed by atoms with van der Waals surface area (Å²) >= 11 is 0. The maximum atomic E-state index is 12.9. The predicted molar refractivity (Wildman–Crippen MR) is 114 cm³/mol. The summed E-state index contributed by atoms with van der Waals surface area (Å²) in [5.74, 6) is 0.486. The van der Waals surface area contributed by atoms with Gasteiger partial charge in [0.2, 0.25) is 0 Å². The zero-order valence-electron chi connectivity index (χ0n) is 16.2. The number of hydrogen-bond acceptors (Lipinski definition) is 5. The van der Waals surface area contributed by atoms with Gasteiger partial charge in [-0.15, -0.1) is 0 Å². The van der Waals surface area contributed by atoms with Crippen molar-refractivity contribution in [2.24, 2.45) is 0 Å². The third-order valence-corrected chi connectivity index (χ3v) is 5.55. The highest BCUT2D eigenvalue weighted by Gasteiger charge is 2.17. The van der Waals surface area contributed by atoms with E-state index in [1.54, 1.807) is 10.5 Å². The Hall–Kier alpha value is -2.99. The molecule has 0 aliphatic carbocycles. The summed E-state index contributed by atoms with van der Waals surface area (Å²) in [5.41, 5.74) is 5.94. The number of rotatable bonds is 4. The Kier molecular flexibility index (Phi) is 4.96. The van der Waals surface area contributed by atoms with Gasteiger partial charge in [-0.05, 0) is 62.0 Å². The zero-order valence-corrected chi connectivity index (χ0v) is 16.2. The van der Waals surface area contributed by atoms with Crippen LogP contribution in [0.5, 0.6) is 0 Å². The molecule has 1 aromatic carbocycles. The Balaban J connectivity index is 1.82. The number of aryl methyl sites for hydroxylation is 1. The fraction of sp³-hybridized carbons (Fsp3) is 0.318. The van der Waals surface area contributed by atoms with Gasteiger partial charge in [0.1, 0.15) is 5.65 Å². The van der Waals surface area contributed by atoms with E-state index in [1.165, 1.54) is 11.8 Å². The van der Waals surface area contributed by atoms with E-state index in [0.29, 0.717) is 17.3 Å². The fourth-order valence-corrected chi connectivity index (χ4v) is 3.99. The van der Waals surface area contributed by atoms with E-state index in [-0.39, 0.29) is 5.56 Å². The summed E-state index contributed by atoms with van der Waals surface area (Å²) in [6, 6.07) is 9.48. The Morgan fingerprint density at radius 2 is 2.04 bits per heavy atom. The van der Waals surface area contributed by atoms with Crippen molar-refractivity contribution >= 4 is 17.5 Å². The minimum absolute atomic E-state index is 0.0759. The smallest absolute Gasteiger partial charge is 0.258 e. The van der Waals surface area contributed by atoms with Crippen LogP contribution in [0, 0.1) is 12.3 Å². The van der Waals surface area contributed by atoms with E-state index in [9.17, 15) is 4.79 Å². The van der Waals surface area contributed by atoms with Crippen LogP contribution in [-0.2, 0) is 0 Å². The molecule has 0 unspecified atom stereocenters. The third-order valence-electron chi connectivity index (χ3n) is 5.55. The molecule has 28 heavy (non-hydrogen) atoms. The van der Waals surface area contributed by atoms with Crippen molar-refractivity contribution in [2.45, 2.75) is 25.7 Å². The van der Waals surface area contributed by atoms with Crippen molar-refractivity contribution in [3.63, 3.8) is 0 Å². The van der Waals surface area contributed by atoms with Crippen LogP contribution in [0.3, 0.4) is 0 Å². The summed E-state index contributed by atoms with van der Waals surface area (Å²) in [5, 5.41) is 14.1. The van der Waals surface area contributed by atoms with Crippen molar-refractivity contribution < 1.29 is 0 Å². The Labute approximate surface area is 164 Å². The summed E-state index contributed by atoms with van der Waals surface area (Å²) in [4.78, 5) is 17.7. The number of aromatic nitrogens is 2. The van der Waals surface area contributed by atoms with Gasteiger partial charge in [-0.2, -0.15) is 0 Å². The number of benzene rings is 1. The van der Waals surface area contributed by atoms with Gasteiger partial charge < -0.3 is 16.0 Å². The number of pyridine rings is 1. The lowest BCUT2D eigenvalue weighted by Crippen LogP contribution is -2.27. The van der Waals surface area contributed by atoms with Crippen LogP contribution in [0.4, 0.5) is 5.69 Å². The lowest BCUT2D eigenvalue weighted by Gasteiger charge is -2.23. The molecule has 0 bridgehead atoms. The first kappa shape index (κ1) is 18.4. The minimum Gasteiger partial charge on any atom is -0.388 e. The lowest BCUT2D eigenvalue weighted by molar-refractivity contribution is 0.459. The van der Waals surface area contributed by atoms with Crippen molar-refractivity contribution in [2.75, 3.05) is 25.5 Å². The van der Waals surface area contributed by atoms with Crippen molar-refractivity contribution in [1.29, 1.82) is 5.41 Å². The van der Waals surface area contributed by atoms with Crippen LogP contribution in [0.15, 0.2) is 41.3 Å². The van der Waals surface area contributed by atoms with E-state index >= 15 is 0 Å². The highest BCUT2D eigenvalue weighted by molar-refractivity contribution is 5.88. The summed E-state index contributed by atoms with van der Waals surface area (Å²) in [7, 11) is 1.83. The molecule has 3 heterocycles. The molecule has 3 aromatic rings. The van der Waals surface area contributed by atoms with Crippen LogP contribution in [-0.4, -0.2) is 35.7 Å². The van der Waals surface area contributed by atoms with E-state index < -0.39 is 0 Å². The van der Waals surface area contributed by atoms with E-state index in [4.69, 9.17) is 10.4 Å². The quantitative estimate of drug-likeness (QED) is 0.612. The number of piperidine rings is 1. The molecule has 3 N–H and O–H groups in total. The van der Waals surface area contributed by atoms with Crippen molar-refractivity contribution in [3.8, 4) is 11.3 Å². The molecule has 6 heteroatoms. The predicted octanol–water partition coefficient (Wildman–Crippen LogP) is 3.18. The Bertz CT molecular complexity index is 1100. The van der Waals surface area contributed by atoms with Crippen LogP contribution < -0.4 is 16.2 Å². The number of hydrogen-bond donors (Lipinski definition) is 3. The average Bonchev–Trinajstić information content (AvgIpc) is 2.74. The topological polar surface area (TPSA) is 82.3 Å². The second-order valence-electron chi connectivity index (χ2n) is 7.35. The molecule has 1 saturated heterocycles. The van der Waals surface area contributed by atoms with Gasteiger partial charge >= 0.3 is 0 Å². The second-order valence-corrected chi connectivity index (χ2v) is 7.35. The molecule has 0 radical (unpaired) electrons. The second kappa shape index (κ2) is 7.56. The molecule has 0 amide bonds. The Morgan fingerprint density at radius 1 is 1.25 bits per heavy atom. The number of anilines is 1. The highest BCUT2D eigenvalue weighted by atomic mass is 16.1. The summed E-state index contributed by atoms with van der Waals surface area (Å²) < 4.78 is 1.68. The molecular formula is C22H25N5O. The fourth-order valence-electron chi connectivity index (χ4n) is 3.99. The van der Waals surface area contributed by atoms with Gasteiger partial charge in [-0.3, -0.25) is 9.20 Å². The summed E-state index contributed by atoms with van der Waals surface area (Å²) in [6.45, 7) is 4.06. The van der Waals surface area contributed by atoms with Gasteiger partial charge in [0.05, 0.1) is 5.69 Å². The maximum Gasteiger partial charge on any atom is 0.258 e. The maximum absolute atomic E-state index is 12.9. The van der Waals surface area contributed by atoms with Gasteiger partial charge in [0, 0.05) is 42.3 Å². The Morgan fingerprint density at radius 3 is 2.75 bits per heavy atom. The highest BCUT2D eigenvalue weighted by Crippen LogP contribution is 2.27. The number of nitrogens with one attached hydrogen (secondary N) is 3. The van der Waals surface area contributed by atoms with Crippen LogP contribution in [0.2, 0.25) is 0 Å². The normalized spacial score (nSPS) is 14.9. The number of nitrogens with zero attached hydrogens (tertiary/aromatic N) is 2. The van der Waals surface area contributed by atoms with Crippen molar-refractivity contribution in [1.82, 2.24) is 14.7 Å². The first-order valence-corrected chi connectivity index (χ1v) is 9.68. The molecule has 2 aromatic heterocycles. The SMILES string of the molecule is CNc1ccc(-c2cc(=O)n3cc(C4CCNCC4)cc(C)c3n2)cc1C=N. The van der Waals surface area contributed by atoms with E-state index in [2.05, 4.69) is 16.7 Å². The third kappa shape index (κ3) is 3.31. The van der Waals surface area contributed by atoms with Gasteiger partial charge in [0.25, 0.3) is 5.56 Å². The molecule has 1 aliphatic heterocycles. The first-order chi connectivity index (χ1) is 13.6. The molecule has 6 nitrogen and oxygen atoms in total. The van der Waals surface area contributed by atoms with E-state index in [0.717, 1.165) is 48.3 Å². The monoisotopic (exact) mass is 375 g/mol. The van der Waals surface area contributed by atoms with E-state index in [1.807, 2.05) is 38.4 Å². The molecule has 0 atom stereocenters. The molecule has 144 valence electrons. The first-order valence-electron chi connectivity index (χ1n) is 9.68. The molecule has 4 rings (SSSR count). The van der Waals surface area contributed by atoms with Crippen LogP contribution in [0.1, 0.15) is 35.4 Å². The molecule has 1 fully saturated rings. The molecular weight excluding hydrogens is 350 g/mol. The van der Waals surface area contributed by atoms with Crippen LogP contribution >= 0.6 is 0 Å². The molecule has 0 saturated carbocycles. The van der Waals surface area contributed by atoms with Crippen LogP contribution in [0.25, 0.3) is 16.9 Å². The van der Waals surface area contributed by atoms with Gasteiger partial charge in [0.15, 0.2) is 0 Å². The van der Waals surface area contributed by atoms with Gasteiger partial charge in [-0.1, -0.05) is 12.1 Å². The standard InChI is InChI=1S/C22H25N5O/c1-14-9-18(15-5-7-25-8-6-15)13-27-21(28)11-20(26-22(14)27)16-3-4-19(24-2)17(10-16)12-23/h3-4,9-13,15,23-25H,5-8H2,1-2H3. The molecule has 1 aliphatic rings.